The van der Waals surface area contributed by atoms with Gasteiger partial charge in [-0.1, -0.05) is 23.7 Å². The molecule has 0 bridgehead atoms. The number of ether oxygens (including phenoxy) is 1. The first-order chi connectivity index (χ1) is 19.6. The number of aliphatic imine (C=N–C) groups is 1. The lowest BCUT2D eigenvalue weighted by Crippen LogP contribution is -2.30. The first kappa shape index (κ1) is 25.6. The molecule has 0 spiro atoms. The predicted molar refractivity (Wildman–Crippen MR) is 139 cm³/mol. The molecule has 208 valence electrons. The first-order valence-electron chi connectivity index (χ1n) is 12.6. The Labute approximate surface area is 233 Å². The fourth-order valence-electron chi connectivity index (χ4n) is 5.72. The highest BCUT2D eigenvalue weighted by atomic mass is 35.5. The molecule has 1 fully saturated rings. The molecule has 2 aromatic heterocycles. The molecule has 0 amide bonds. The lowest BCUT2D eigenvalue weighted by Gasteiger charge is -2.19. The Morgan fingerprint density at radius 3 is 2.71 bits per heavy atom. The van der Waals surface area contributed by atoms with Crippen molar-refractivity contribution in [1.82, 2.24) is 29.8 Å². The molecule has 9 nitrogen and oxygen atoms in total. The molecule has 4 aromatic rings. The van der Waals surface area contributed by atoms with Crippen molar-refractivity contribution in [2.24, 2.45) is 10.9 Å². The largest absolute Gasteiger partial charge is 0.573 e. The van der Waals surface area contributed by atoms with Crippen molar-refractivity contribution >= 4 is 22.9 Å². The molecule has 7 rings (SSSR count). The van der Waals surface area contributed by atoms with Crippen LogP contribution in [0.1, 0.15) is 41.8 Å². The van der Waals surface area contributed by atoms with Gasteiger partial charge in [0.15, 0.2) is 0 Å². The molecule has 3 aliphatic rings. The van der Waals surface area contributed by atoms with Crippen LogP contribution in [0.3, 0.4) is 0 Å². The number of aryl methyl sites for hydroxylation is 1. The number of allylic oxidation sites excluding steroid dienone is 1. The molecule has 41 heavy (non-hydrogen) atoms. The number of hydrogen-bond donors (Lipinski definition) is 0. The van der Waals surface area contributed by atoms with Gasteiger partial charge >= 0.3 is 6.36 Å². The summed E-state index contributed by atoms with van der Waals surface area (Å²) in [4.78, 5) is 22.5. The van der Waals surface area contributed by atoms with E-state index in [1.165, 1.54) is 36.1 Å². The molecule has 1 aliphatic carbocycles. The van der Waals surface area contributed by atoms with Gasteiger partial charge in [0, 0.05) is 40.3 Å². The Bertz CT molecular complexity index is 1850. The van der Waals surface area contributed by atoms with E-state index in [1.807, 2.05) is 0 Å². The predicted octanol–water partition coefficient (Wildman–Crippen LogP) is 5.59. The van der Waals surface area contributed by atoms with Crippen molar-refractivity contribution in [3.63, 3.8) is 0 Å². The van der Waals surface area contributed by atoms with Gasteiger partial charge in [-0.2, -0.15) is 9.07 Å². The summed E-state index contributed by atoms with van der Waals surface area (Å²) in [5.74, 6) is -0.638. The number of tetrazole rings is 1. The molecule has 14 heteroatoms. The molecule has 2 aromatic carbocycles. The van der Waals surface area contributed by atoms with E-state index in [4.69, 9.17) is 16.6 Å². The Morgan fingerprint density at radius 1 is 1.12 bits per heavy atom. The minimum Gasteiger partial charge on any atom is -0.405 e. The zero-order chi connectivity index (χ0) is 28.6. The first-order valence-corrected chi connectivity index (χ1v) is 12.9. The second-order valence-electron chi connectivity index (χ2n) is 10.2. The molecule has 2 aliphatic heterocycles. The summed E-state index contributed by atoms with van der Waals surface area (Å²) in [5.41, 5.74) is 2.27. The van der Waals surface area contributed by atoms with E-state index in [-0.39, 0.29) is 40.5 Å². The van der Waals surface area contributed by atoms with Gasteiger partial charge in [0.2, 0.25) is 5.95 Å². The summed E-state index contributed by atoms with van der Waals surface area (Å²) in [6.45, 7) is 1.47. The highest BCUT2D eigenvalue weighted by molar-refractivity contribution is 6.31. The zero-order valence-corrected chi connectivity index (χ0v) is 21.9. The highest BCUT2D eigenvalue weighted by Crippen LogP contribution is 2.60. The van der Waals surface area contributed by atoms with Gasteiger partial charge in [-0.25, -0.2) is 9.98 Å². The van der Waals surface area contributed by atoms with Crippen molar-refractivity contribution in [1.29, 1.82) is 0 Å². The summed E-state index contributed by atoms with van der Waals surface area (Å²) in [6.07, 6.45) is -2.67. The molecule has 0 N–H and O–H groups in total. The molecule has 3 atom stereocenters. The Balaban J connectivity index is 1.22. The summed E-state index contributed by atoms with van der Waals surface area (Å²) in [7, 11) is 0. The number of nitrogens with zero attached hydrogens (tertiary/aromatic N) is 7. The monoisotopic (exact) mass is 583 g/mol. The van der Waals surface area contributed by atoms with E-state index in [9.17, 15) is 18.0 Å². The fourth-order valence-corrected chi connectivity index (χ4v) is 5.89. The number of benzene rings is 2. The second kappa shape index (κ2) is 9.06. The molecule has 1 saturated carbocycles. The van der Waals surface area contributed by atoms with E-state index in [2.05, 4.69) is 25.3 Å². The Hall–Kier alpha value is -4.39. The van der Waals surface area contributed by atoms with Gasteiger partial charge in [-0.05, 0) is 65.1 Å². The summed E-state index contributed by atoms with van der Waals surface area (Å²) < 4.78 is 60.9. The van der Waals surface area contributed by atoms with Crippen LogP contribution in [-0.4, -0.2) is 41.8 Å². The van der Waals surface area contributed by atoms with Gasteiger partial charge in [0.1, 0.15) is 17.9 Å². The number of alkyl halides is 3. The van der Waals surface area contributed by atoms with Crippen LogP contribution < -0.4 is 10.3 Å². The summed E-state index contributed by atoms with van der Waals surface area (Å²) >= 11 is 6.27. The van der Waals surface area contributed by atoms with E-state index < -0.39 is 24.1 Å². The van der Waals surface area contributed by atoms with Crippen LogP contribution in [-0.2, 0) is 0 Å². The third-order valence-corrected chi connectivity index (χ3v) is 7.85. The number of aromatic nitrogens is 6. The fraction of sp³-hybridized carbons (Fsp3) is 0.259. The van der Waals surface area contributed by atoms with E-state index in [0.717, 1.165) is 12.5 Å². The van der Waals surface area contributed by atoms with Crippen molar-refractivity contribution in [3.05, 3.63) is 87.1 Å². The van der Waals surface area contributed by atoms with Crippen molar-refractivity contribution in [2.45, 2.75) is 38.1 Å². The number of hydrogen-bond acceptors (Lipinski definition) is 7. The minimum atomic E-state index is -4.88. The van der Waals surface area contributed by atoms with Crippen LogP contribution in [0.4, 0.5) is 17.6 Å². The lowest BCUT2D eigenvalue weighted by atomic mass is 9.96. The van der Waals surface area contributed by atoms with Crippen LogP contribution >= 0.6 is 11.6 Å². The highest BCUT2D eigenvalue weighted by Gasteiger charge is 2.56. The van der Waals surface area contributed by atoms with Crippen LogP contribution in [0.15, 0.2) is 64.5 Å². The second-order valence-corrected chi connectivity index (χ2v) is 10.6. The van der Waals surface area contributed by atoms with Crippen molar-refractivity contribution < 1.29 is 22.3 Å². The molecule has 4 heterocycles. The maximum absolute atomic E-state index is 15.2. The van der Waals surface area contributed by atoms with Crippen molar-refractivity contribution in [2.75, 3.05) is 0 Å². The topological polar surface area (TPSA) is 100 Å². The van der Waals surface area contributed by atoms with E-state index >= 15 is 4.39 Å². The summed E-state index contributed by atoms with van der Waals surface area (Å²) in [6, 6.07) is 10.1. The molecular formula is C27H18ClF4N7O2. The number of halogens is 5. The maximum atomic E-state index is 15.2. The normalized spacial score (nSPS) is 21.1. The van der Waals surface area contributed by atoms with Gasteiger partial charge in [-0.15, -0.1) is 18.3 Å². The average Bonchev–Trinajstić information content (AvgIpc) is 3.22. The smallest absolute Gasteiger partial charge is 0.405 e. The van der Waals surface area contributed by atoms with Gasteiger partial charge in [0.05, 0.1) is 17.4 Å². The molecular weight excluding hydrogens is 566 g/mol. The van der Waals surface area contributed by atoms with Crippen LogP contribution in [0, 0.1) is 12.8 Å². The van der Waals surface area contributed by atoms with Gasteiger partial charge in [-0.3, -0.25) is 9.36 Å². The molecule has 0 radical (unpaired) electrons. The Morgan fingerprint density at radius 2 is 1.95 bits per heavy atom. The number of rotatable bonds is 5. The standard InChI is InChI=1S/C27H18ClF4N7O2/c1-12-2-3-13(6-22(12)41-27(30,31)32)15-9-20(34-25(15)29)24-16-8-17(16)26-35-19(10-23(40)39(24)26)18-7-14(28)4-5-21(18)38-11-33-36-37-38/h2-7,10-11,16-17,24H,8-9H2,1H3. The zero-order valence-electron chi connectivity index (χ0n) is 21.1. The SMILES string of the molecule is Cc1ccc(C2=C(F)N=C(C3C4CC4c4nc(-c5cc(Cl)ccc5-n5cnnn5)cc(=O)n43)C2)cc1OC(F)(F)F. The summed E-state index contributed by atoms with van der Waals surface area (Å²) in [5, 5.41) is 11.7. The van der Waals surface area contributed by atoms with Gasteiger partial charge in [0.25, 0.3) is 5.56 Å². The van der Waals surface area contributed by atoms with Crippen LogP contribution in [0.25, 0.3) is 22.5 Å². The Kier molecular flexibility index (Phi) is 5.65. The van der Waals surface area contributed by atoms with Crippen LogP contribution in [0.5, 0.6) is 5.75 Å². The van der Waals surface area contributed by atoms with Crippen LogP contribution in [0.2, 0.25) is 5.02 Å². The average molecular weight is 584 g/mol. The van der Waals surface area contributed by atoms with Gasteiger partial charge < -0.3 is 4.74 Å². The van der Waals surface area contributed by atoms with E-state index in [1.54, 1.807) is 22.8 Å². The molecule has 3 unspecified atom stereocenters. The molecule has 0 saturated heterocycles. The number of fused-ring (bicyclic) bond motifs is 3. The quantitative estimate of drug-likeness (QED) is 0.224. The lowest BCUT2D eigenvalue weighted by molar-refractivity contribution is -0.274. The third kappa shape index (κ3) is 4.40. The minimum absolute atomic E-state index is 0.00991. The maximum Gasteiger partial charge on any atom is 0.573 e. The van der Waals surface area contributed by atoms with E-state index in [0.29, 0.717) is 33.5 Å². The van der Waals surface area contributed by atoms with Crippen molar-refractivity contribution in [3.8, 4) is 22.7 Å². The third-order valence-electron chi connectivity index (χ3n) is 7.62.